The van der Waals surface area contributed by atoms with E-state index in [9.17, 15) is 4.79 Å². The molecule has 1 amide bonds. The van der Waals surface area contributed by atoms with Crippen molar-refractivity contribution >= 4 is 11.6 Å². The van der Waals surface area contributed by atoms with E-state index in [1.165, 1.54) is 6.39 Å². The maximum atomic E-state index is 12.4. The molecular weight excluding hydrogens is 296 g/mol. The first-order valence-electron chi connectivity index (χ1n) is 7.46. The lowest BCUT2D eigenvalue weighted by molar-refractivity contribution is 0.101. The molecule has 23 heavy (non-hydrogen) atoms. The molecule has 0 saturated heterocycles. The highest BCUT2D eigenvalue weighted by Crippen LogP contribution is 2.25. The summed E-state index contributed by atoms with van der Waals surface area (Å²) < 4.78 is 10.4. The first-order chi connectivity index (χ1) is 11.3. The summed E-state index contributed by atoms with van der Waals surface area (Å²) in [6.45, 7) is 0. The molecule has 0 radical (unpaired) electrons. The van der Waals surface area contributed by atoms with Crippen molar-refractivity contribution in [2.75, 3.05) is 5.32 Å². The summed E-state index contributed by atoms with van der Waals surface area (Å²) in [5, 5.41) is 14.2. The number of benzene rings is 1. The molecule has 1 aliphatic carbocycles. The van der Waals surface area contributed by atoms with Crippen LogP contribution in [0.3, 0.4) is 0 Å². The Morgan fingerprint density at radius 1 is 1.13 bits per heavy atom. The summed E-state index contributed by atoms with van der Waals surface area (Å²) in [5.41, 5.74) is 2.79. The standard InChI is InChI=1S/C16H14N4O3/c21-15(14-12-3-1-2-4-13(12)23-20-14)18-11-7-5-10(6-8-11)16-19-17-9-22-16/h5-9H,1-4H2,(H,18,21). The summed E-state index contributed by atoms with van der Waals surface area (Å²) in [6.07, 6.45) is 5.12. The normalized spacial score (nSPS) is 13.6. The number of nitrogens with zero attached hydrogens (tertiary/aromatic N) is 3. The third-order valence-corrected chi connectivity index (χ3v) is 3.92. The fourth-order valence-electron chi connectivity index (χ4n) is 2.75. The number of anilines is 1. The Balaban J connectivity index is 1.51. The molecule has 0 bridgehead atoms. The van der Waals surface area contributed by atoms with Crippen molar-refractivity contribution in [3.05, 3.63) is 47.7 Å². The molecule has 1 N–H and O–H groups in total. The number of nitrogens with one attached hydrogen (secondary N) is 1. The van der Waals surface area contributed by atoms with Crippen LogP contribution in [-0.4, -0.2) is 21.3 Å². The van der Waals surface area contributed by atoms with Gasteiger partial charge >= 0.3 is 0 Å². The SMILES string of the molecule is O=C(Nc1ccc(-c2nnco2)cc1)c1noc2c1CCCC2. The summed E-state index contributed by atoms with van der Waals surface area (Å²) in [5.74, 6) is 1.03. The first kappa shape index (κ1) is 13.7. The van der Waals surface area contributed by atoms with Crippen LogP contribution in [-0.2, 0) is 12.8 Å². The molecule has 3 aromatic rings. The maximum Gasteiger partial charge on any atom is 0.278 e. The van der Waals surface area contributed by atoms with E-state index in [4.69, 9.17) is 8.94 Å². The number of hydrogen-bond acceptors (Lipinski definition) is 6. The maximum absolute atomic E-state index is 12.4. The Kier molecular flexibility index (Phi) is 3.38. The van der Waals surface area contributed by atoms with Gasteiger partial charge in [-0.05, 0) is 43.5 Å². The third kappa shape index (κ3) is 2.61. The van der Waals surface area contributed by atoms with Crippen molar-refractivity contribution in [2.45, 2.75) is 25.7 Å². The number of carbonyl (C=O) groups excluding carboxylic acids is 1. The number of aryl methyl sites for hydroxylation is 1. The lowest BCUT2D eigenvalue weighted by atomic mass is 9.96. The quantitative estimate of drug-likeness (QED) is 0.799. The van der Waals surface area contributed by atoms with E-state index in [1.807, 2.05) is 0 Å². The van der Waals surface area contributed by atoms with E-state index in [0.717, 1.165) is 42.6 Å². The van der Waals surface area contributed by atoms with Crippen LogP contribution >= 0.6 is 0 Å². The van der Waals surface area contributed by atoms with E-state index in [0.29, 0.717) is 17.3 Å². The molecule has 7 heteroatoms. The van der Waals surface area contributed by atoms with Gasteiger partial charge in [0.1, 0.15) is 5.76 Å². The van der Waals surface area contributed by atoms with Gasteiger partial charge in [0, 0.05) is 23.2 Å². The van der Waals surface area contributed by atoms with Crippen LogP contribution in [0.25, 0.3) is 11.5 Å². The van der Waals surface area contributed by atoms with Crippen molar-refractivity contribution < 1.29 is 13.7 Å². The largest absolute Gasteiger partial charge is 0.423 e. The molecule has 0 aliphatic heterocycles. The Hall–Kier alpha value is -2.96. The Bertz CT molecular complexity index is 822. The van der Waals surface area contributed by atoms with Gasteiger partial charge in [-0.3, -0.25) is 4.79 Å². The predicted octanol–water partition coefficient (Wildman–Crippen LogP) is 2.86. The van der Waals surface area contributed by atoms with E-state index >= 15 is 0 Å². The number of aromatic nitrogens is 3. The molecule has 116 valence electrons. The summed E-state index contributed by atoms with van der Waals surface area (Å²) in [7, 11) is 0. The monoisotopic (exact) mass is 310 g/mol. The first-order valence-corrected chi connectivity index (χ1v) is 7.46. The second-order valence-corrected chi connectivity index (χ2v) is 5.42. The van der Waals surface area contributed by atoms with E-state index in [2.05, 4.69) is 20.7 Å². The van der Waals surface area contributed by atoms with Gasteiger partial charge in [0.2, 0.25) is 12.3 Å². The van der Waals surface area contributed by atoms with Crippen LogP contribution in [0.2, 0.25) is 0 Å². The van der Waals surface area contributed by atoms with Crippen LogP contribution in [0.15, 0.2) is 39.6 Å². The van der Waals surface area contributed by atoms with E-state index in [1.54, 1.807) is 24.3 Å². The molecule has 0 fully saturated rings. The zero-order valence-electron chi connectivity index (χ0n) is 12.3. The molecule has 0 spiro atoms. The zero-order chi connectivity index (χ0) is 15.6. The molecule has 1 aromatic carbocycles. The third-order valence-electron chi connectivity index (χ3n) is 3.92. The van der Waals surface area contributed by atoms with Gasteiger partial charge in [-0.15, -0.1) is 10.2 Å². The van der Waals surface area contributed by atoms with Gasteiger partial charge in [-0.25, -0.2) is 0 Å². The molecular formula is C16H14N4O3. The fraction of sp³-hybridized carbons (Fsp3) is 0.250. The zero-order valence-corrected chi connectivity index (χ0v) is 12.3. The Morgan fingerprint density at radius 3 is 2.74 bits per heavy atom. The van der Waals surface area contributed by atoms with Gasteiger partial charge in [0.15, 0.2) is 5.69 Å². The highest BCUT2D eigenvalue weighted by Gasteiger charge is 2.23. The number of rotatable bonds is 3. The molecule has 4 rings (SSSR count). The summed E-state index contributed by atoms with van der Waals surface area (Å²) >= 11 is 0. The van der Waals surface area contributed by atoms with E-state index < -0.39 is 0 Å². The van der Waals surface area contributed by atoms with Crippen molar-refractivity contribution in [3.8, 4) is 11.5 Å². The van der Waals surface area contributed by atoms with Crippen LogP contribution in [0, 0.1) is 0 Å². The second-order valence-electron chi connectivity index (χ2n) is 5.42. The highest BCUT2D eigenvalue weighted by atomic mass is 16.5. The molecule has 2 aromatic heterocycles. The highest BCUT2D eigenvalue weighted by molar-refractivity contribution is 6.04. The number of amides is 1. The van der Waals surface area contributed by atoms with Crippen LogP contribution < -0.4 is 5.32 Å². The number of carbonyl (C=O) groups is 1. The lowest BCUT2D eigenvalue weighted by Crippen LogP contribution is -2.15. The second kappa shape index (κ2) is 5.68. The van der Waals surface area contributed by atoms with Crippen molar-refractivity contribution in [1.29, 1.82) is 0 Å². The van der Waals surface area contributed by atoms with Crippen LogP contribution in [0.5, 0.6) is 0 Å². The molecule has 0 unspecified atom stereocenters. The van der Waals surface area contributed by atoms with E-state index in [-0.39, 0.29) is 5.91 Å². The van der Waals surface area contributed by atoms with Gasteiger partial charge in [-0.1, -0.05) is 5.16 Å². The van der Waals surface area contributed by atoms with Crippen LogP contribution in [0.4, 0.5) is 5.69 Å². The molecule has 2 heterocycles. The number of fused-ring (bicyclic) bond motifs is 1. The van der Waals surface area contributed by atoms with Gasteiger partial charge < -0.3 is 14.3 Å². The van der Waals surface area contributed by atoms with Crippen molar-refractivity contribution in [1.82, 2.24) is 15.4 Å². The molecule has 7 nitrogen and oxygen atoms in total. The minimum Gasteiger partial charge on any atom is -0.423 e. The average Bonchev–Trinajstić information content (AvgIpc) is 3.25. The van der Waals surface area contributed by atoms with Crippen molar-refractivity contribution in [2.24, 2.45) is 0 Å². The van der Waals surface area contributed by atoms with Gasteiger partial charge in [0.25, 0.3) is 5.91 Å². The fourth-order valence-corrected chi connectivity index (χ4v) is 2.75. The Morgan fingerprint density at radius 2 is 1.96 bits per heavy atom. The van der Waals surface area contributed by atoms with Crippen LogP contribution in [0.1, 0.15) is 34.7 Å². The Labute approximate surface area is 131 Å². The predicted molar refractivity (Wildman–Crippen MR) is 80.8 cm³/mol. The topological polar surface area (TPSA) is 94.1 Å². The lowest BCUT2D eigenvalue weighted by Gasteiger charge is -2.09. The smallest absolute Gasteiger partial charge is 0.278 e. The minimum atomic E-state index is -0.248. The molecule has 0 saturated carbocycles. The molecule has 0 atom stereocenters. The van der Waals surface area contributed by atoms with Gasteiger partial charge in [0.05, 0.1) is 0 Å². The minimum absolute atomic E-state index is 0.248. The summed E-state index contributed by atoms with van der Waals surface area (Å²) in [4.78, 5) is 12.4. The summed E-state index contributed by atoms with van der Waals surface area (Å²) in [6, 6.07) is 7.18. The number of hydrogen-bond donors (Lipinski definition) is 1. The van der Waals surface area contributed by atoms with Gasteiger partial charge in [-0.2, -0.15) is 0 Å². The average molecular weight is 310 g/mol. The van der Waals surface area contributed by atoms with Crippen molar-refractivity contribution in [3.63, 3.8) is 0 Å². The molecule has 1 aliphatic rings.